The van der Waals surface area contributed by atoms with E-state index in [1.807, 2.05) is 12.2 Å². The molecule has 0 aromatic rings. The number of epoxide rings is 2. The minimum absolute atomic E-state index is 0.0477. The standard InChI is InChI=1S/C7H12N2O2/c8-6-4(10-6)2-1-3-5-7(9)11-5/h1-2,4-7H,3,8-9H2/b2-1+. The van der Waals surface area contributed by atoms with E-state index >= 15 is 0 Å². The third-order valence-electron chi connectivity index (χ3n) is 1.88. The molecule has 0 aliphatic carbocycles. The van der Waals surface area contributed by atoms with Crippen LogP contribution in [0.5, 0.6) is 0 Å². The van der Waals surface area contributed by atoms with Crippen LogP contribution in [0.25, 0.3) is 0 Å². The summed E-state index contributed by atoms with van der Waals surface area (Å²) in [5.74, 6) is 0. The highest BCUT2D eigenvalue weighted by Gasteiger charge is 2.35. The first-order chi connectivity index (χ1) is 5.27. The van der Waals surface area contributed by atoms with Gasteiger partial charge in [-0.05, 0) is 6.42 Å². The first-order valence-electron chi connectivity index (χ1n) is 3.76. The molecule has 4 heteroatoms. The molecule has 2 fully saturated rings. The highest BCUT2D eigenvalue weighted by Crippen LogP contribution is 2.22. The smallest absolute Gasteiger partial charge is 0.136 e. The summed E-state index contributed by atoms with van der Waals surface area (Å²) in [5, 5.41) is 0. The lowest BCUT2D eigenvalue weighted by Gasteiger charge is -1.82. The van der Waals surface area contributed by atoms with Crippen LogP contribution in [0.1, 0.15) is 6.42 Å². The Morgan fingerprint density at radius 3 is 2.27 bits per heavy atom. The van der Waals surface area contributed by atoms with Crippen LogP contribution in [0, 0.1) is 0 Å². The molecule has 4 atom stereocenters. The lowest BCUT2D eigenvalue weighted by Crippen LogP contribution is -2.05. The van der Waals surface area contributed by atoms with Crippen molar-refractivity contribution >= 4 is 0 Å². The van der Waals surface area contributed by atoms with Crippen molar-refractivity contribution in [2.24, 2.45) is 11.5 Å². The van der Waals surface area contributed by atoms with E-state index in [4.69, 9.17) is 20.9 Å². The fourth-order valence-electron chi connectivity index (χ4n) is 0.984. The van der Waals surface area contributed by atoms with Crippen molar-refractivity contribution in [3.63, 3.8) is 0 Å². The molecule has 0 aromatic carbocycles. The van der Waals surface area contributed by atoms with Gasteiger partial charge in [0.25, 0.3) is 0 Å². The second-order valence-electron chi connectivity index (χ2n) is 2.87. The number of ether oxygens (including phenoxy) is 2. The predicted octanol–water partition coefficient (Wildman–Crippen LogP) is -0.700. The van der Waals surface area contributed by atoms with Gasteiger partial charge in [-0.25, -0.2) is 0 Å². The van der Waals surface area contributed by atoms with Gasteiger partial charge in [0.1, 0.15) is 24.7 Å². The molecule has 2 heterocycles. The molecule has 62 valence electrons. The van der Waals surface area contributed by atoms with E-state index in [1.54, 1.807) is 0 Å². The molecule has 4 unspecified atom stereocenters. The van der Waals surface area contributed by atoms with Crippen LogP contribution in [0.2, 0.25) is 0 Å². The van der Waals surface area contributed by atoms with Gasteiger partial charge in [0.05, 0.1) is 0 Å². The Bertz CT molecular complexity index is 183. The molecular formula is C7H12N2O2. The second kappa shape index (κ2) is 2.57. The molecule has 0 radical (unpaired) electrons. The predicted molar refractivity (Wildman–Crippen MR) is 39.5 cm³/mol. The van der Waals surface area contributed by atoms with Crippen LogP contribution >= 0.6 is 0 Å². The van der Waals surface area contributed by atoms with Crippen LogP contribution in [0.3, 0.4) is 0 Å². The molecule has 0 saturated carbocycles. The van der Waals surface area contributed by atoms with E-state index < -0.39 is 0 Å². The lowest BCUT2D eigenvalue weighted by molar-refractivity contribution is 0.374. The quantitative estimate of drug-likeness (QED) is 0.418. The maximum Gasteiger partial charge on any atom is 0.136 e. The van der Waals surface area contributed by atoms with Crippen LogP contribution in [0.15, 0.2) is 12.2 Å². The highest BCUT2D eigenvalue weighted by molar-refractivity contribution is 5.02. The SMILES string of the molecule is NC1OC1/C=C/CC1OC1N. The number of nitrogens with two attached hydrogens (primary N) is 2. The highest BCUT2D eigenvalue weighted by atomic mass is 16.6. The minimum Gasteiger partial charge on any atom is -0.353 e. The van der Waals surface area contributed by atoms with E-state index in [2.05, 4.69) is 0 Å². The number of hydrogen-bond acceptors (Lipinski definition) is 4. The maximum absolute atomic E-state index is 5.41. The zero-order valence-corrected chi connectivity index (χ0v) is 6.14. The fourth-order valence-corrected chi connectivity index (χ4v) is 0.984. The first-order valence-corrected chi connectivity index (χ1v) is 3.76. The molecule has 0 aromatic heterocycles. The van der Waals surface area contributed by atoms with Crippen molar-refractivity contribution in [3.05, 3.63) is 12.2 Å². The maximum atomic E-state index is 5.41. The van der Waals surface area contributed by atoms with Crippen molar-refractivity contribution in [3.8, 4) is 0 Å². The van der Waals surface area contributed by atoms with Crippen molar-refractivity contribution in [2.45, 2.75) is 31.1 Å². The number of hydrogen-bond donors (Lipinski definition) is 2. The van der Waals surface area contributed by atoms with Crippen LogP contribution in [-0.4, -0.2) is 24.7 Å². The zero-order chi connectivity index (χ0) is 7.84. The van der Waals surface area contributed by atoms with Gasteiger partial charge in [-0.2, -0.15) is 0 Å². The summed E-state index contributed by atoms with van der Waals surface area (Å²) in [6, 6.07) is 0. The van der Waals surface area contributed by atoms with Crippen molar-refractivity contribution in [1.29, 1.82) is 0 Å². The molecule has 0 spiro atoms. The summed E-state index contributed by atoms with van der Waals surface area (Å²) >= 11 is 0. The first kappa shape index (κ1) is 7.24. The van der Waals surface area contributed by atoms with Gasteiger partial charge in [0.2, 0.25) is 0 Å². The van der Waals surface area contributed by atoms with Gasteiger partial charge in [-0.15, -0.1) is 0 Å². The van der Waals surface area contributed by atoms with Crippen LogP contribution in [-0.2, 0) is 9.47 Å². The van der Waals surface area contributed by atoms with Gasteiger partial charge in [-0.3, -0.25) is 0 Å². The largest absolute Gasteiger partial charge is 0.353 e. The Morgan fingerprint density at radius 2 is 1.82 bits per heavy atom. The Hall–Kier alpha value is -0.420. The normalized spacial score (nSPS) is 48.2. The summed E-state index contributed by atoms with van der Waals surface area (Å²) in [6.45, 7) is 0. The van der Waals surface area contributed by atoms with Crippen LogP contribution < -0.4 is 11.5 Å². The Morgan fingerprint density at radius 1 is 1.18 bits per heavy atom. The molecule has 2 aliphatic rings. The third-order valence-corrected chi connectivity index (χ3v) is 1.88. The van der Waals surface area contributed by atoms with Gasteiger partial charge < -0.3 is 20.9 Å². The molecule has 4 nitrogen and oxygen atoms in total. The number of rotatable bonds is 3. The average Bonchev–Trinajstić information content (AvgIpc) is 2.79. The Labute approximate surface area is 65.1 Å². The molecule has 2 rings (SSSR count). The van der Waals surface area contributed by atoms with E-state index in [-0.39, 0.29) is 24.7 Å². The fraction of sp³-hybridized carbons (Fsp3) is 0.714. The third kappa shape index (κ3) is 1.78. The molecule has 2 aliphatic heterocycles. The summed E-state index contributed by atoms with van der Waals surface area (Å²) in [5.41, 5.74) is 10.8. The topological polar surface area (TPSA) is 77.1 Å². The molecule has 4 N–H and O–H groups in total. The van der Waals surface area contributed by atoms with E-state index in [0.717, 1.165) is 6.42 Å². The van der Waals surface area contributed by atoms with Crippen molar-refractivity contribution < 1.29 is 9.47 Å². The zero-order valence-electron chi connectivity index (χ0n) is 6.14. The van der Waals surface area contributed by atoms with E-state index in [9.17, 15) is 0 Å². The van der Waals surface area contributed by atoms with Crippen LogP contribution in [0.4, 0.5) is 0 Å². The van der Waals surface area contributed by atoms with Gasteiger partial charge >= 0.3 is 0 Å². The Balaban J connectivity index is 1.62. The van der Waals surface area contributed by atoms with Crippen molar-refractivity contribution in [1.82, 2.24) is 0 Å². The van der Waals surface area contributed by atoms with Gasteiger partial charge in [-0.1, -0.05) is 12.2 Å². The summed E-state index contributed by atoms with van der Waals surface area (Å²) in [7, 11) is 0. The van der Waals surface area contributed by atoms with E-state index in [0.29, 0.717) is 0 Å². The monoisotopic (exact) mass is 156 g/mol. The molecule has 2 saturated heterocycles. The molecule has 0 bridgehead atoms. The van der Waals surface area contributed by atoms with E-state index in [1.165, 1.54) is 0 Å². The summed E-state index contributed by atoms with van der Waals surface area (Å²) in [4.78, 5) is 0. The molecule has 0 amide bonds. The average molecular weight is 156 g/mol. The van der Waals surface area contributed by atoms with Gasteiger partial charge in [0.15, 0.2) is 0 Å². The summed E-state index contributed by atoms with van der Waals surface area (Å²) in [6.07, 6.45) is 5.06. The second-order valence-corrected chi connectivity index (χ2v) is 2.87. The molecular weight excluding hydrogens is 144 g/mol. The Kier molecular flexibility index (Phi) is 1.69. The summed E-state index contributed by atoms with van der Waals surface area (Å²) < 4.78 is 9.97. The van der Waals surface area contributed by atoms with Crippen molar-refractivity contribution in [2.75, 3.05) is 0 Å². The lowest BCUT2D eigenvalue weighted by atomic mass is 10.2. The molecule has 11 heavy (non-hydrogen) atoms. The minimum atomic E-state index is -0.0833. The van der Waals surface area contributed by atoms with Gasteiger partial charge in [0, 0.05) is 0 Å².